The lowest BCUT2D eigenvalue weighted by Gasteiger charge is -2.24. The Morgan fingerprint density at radius 1 is 1.39 bits per heavy atom. The summed E-state index contributed by atoms with van der Waals surface area (Å²) in [6.45, 7) is 2.77. The van der Waals surface area contributed by atoms with Gasteiger partial charge < -0.3 is 15.2 Å². The number of thioether (sulfide) groups is 1. The molecular formula is C25H30FN6O7PS. The number of aliphatic hydroxyl groups excluding tert-OH is 1. The van der Waals surface area contributed by atoms with Crippen molar-refractivity contribution in [3.63, 3.8) is 0 Å². The number of aromatic amines is 1. The number of benzene rings is 1. The molecule has 0 aliphatic carbocycles. The summed E-state index contributed by atoms with van der Waals surface area (Å²) in [4.78, 5) is 34.3. The van der Waals surface area contributed by atoms with Gasteiger partial charge in [0.25, 0.3) is 5.56 Å². The Labute approximate surface area is 239 Å². The zero-order valence-corrected chi connectivity index (χ0v) is 24.2. The van der Waals surface area contributed by atoms with Crippen molar-refractivity contribution < 1.29 is 32.6 Å². The molecule has 4 N–H and O–H groups in total. The fourth-order valence-corrected chi connectivity index (χ4v) is 5.95. The maximum Gasteiger partial charge on any atom is 0.405 e. The molecule has 0 amide bonds. The van der Waals surface area contributed by atoms with E-state index in [-0.39, 0.29) is 41.1 Å². The molecule has 3 aromatic rings. The van der Waals surface area contributed by atoms with Crippen LogP contribution in [0.4, 0.5) is 10.3 Å². The molecule has 1 saturated heterocycles. The SMILES string of the molecule is C#C[C@@]1(F)[C@H](O)[C@@H](COP(=O)(NCc2ccc(C)cc2)OCCSC(C)=O)O[C@H]1n1cnc2c(=O)[nH]c(NC)nc21. The van der Waals surface area contributed by atoms with Crippen LogP contribution in [0.5, 0.6) is 0 Å². The molecule has 0 radical (unpaired) electrons. The monoisotopic (exact) mass is 608 g/mol. The molecule has 1 fully saturated rings. The van der Waals surface area contributed by atoms with Gasteiger partial charge in [0.05, 0.1) is 19.5 Å². The van der Waals surface area contributed by atoms with Gasteiger partial charge in [-0.05, 0) is 12.5 Å². The largest absolute Gasteiger partial charge is 0.405 e. The van der Waals surface area contributed by atoms with Gasteiger partial charge in [0.2, 0.25) is 11.6 Å². The van der Waals surface area contributed by atoms with Gasteiger partial charge in [0, 0.05) is 26.3 Å². The molecule has 0 spiro atoms. The van der Waals surface area contributed by atoms with E-state index in [1.165, 1.54) is 14.0 Å². The predicted molar refractivity (Wildman–Crippen MR) is 151 cm³/mol. The van der Waals surface area contributed by atoms with Crippen LogP contribution in [-0.2, 0) is 29.7 Å². The number of fused-ring (bicyclic) bond motifs is 1. The lowest BCUT2D eigenvalue weighted by atomic mass is 9.97. The highest BCUT2D eigenvalue weighted by Crippen LogP contribution is 2.47. The fraction of sp³-hybridized carbons (Fsp3) is 0.440. The average Bonchev–Trinajstić information content (AvgIpc) is 3.48. The van der Waals surface area contributed by atoms with Crippen LogP contribution in [0, 0.1) is 19.3 Å². The van der Waals surface area contributed by atoms with Gasteiger partial charge in [-0.2, -0.15) is 4.98 Å². The number of aliphatic hydroxyl groups is 1. The van der Waals surface area contributed by atoms with Crippen molar-refractivity contribution >= 4 is 41.7 Å². The van der Waals surface area contributed by atoms with E-state index in [0.717, 1.165) is 33.8 Å². The molecule has 1 aliphatic rings. The number of halogens is 1. The van der Waals surface area contributed by atoms with E-state index < -0.39 is 44.0 Å². The molecule has 4 rings (SSSR count). The van der Waals surface area contributed by atoms with Crippen LogP contribution in [0.15, 0.2) is 35.4 Å². The minimum absolute atomic E-state index is 0.0362. The first-order chi connectivity index (χ1) is 19.5. The summed E-state index contributed by atoms with van der Waals surface area (Å²) in [5, 5.41) is 16.2. The lowest BCUT2D eigenvalue weighted by molar-refractivity contribution is -0.109. The number of ether oxygens (including phenoxy) is 1. The van der Waals surface area contributed by atoms with Gasteiger partial charge in [0.1, 0.15) is 12.2 Å². The number of alkyl halides is 1. The second-order valence-corrected chi connectivity index (χ2v) is 12.3. The molecule has 1 aromatic carbocycles. The van der Waals surface area contributed by atoms with Crippen molar-refractivity contribution in [2.45, 2.75) is 44.5 Å². The molecule has 16 heteroatoms. The third-order valence-corrected chi connectivity index (χ3v) is 8.58. The second kappa shape index (κ2) is 12.8. The molecule has 1 aliphatic heterocycles. The molecule has 2 aromatic heterocycles. The van der Waals surface area contributed by atoms with Gasteiger partial charge in [0.15, 0.2) is 22.5 Å². The van der Waals surface area contributed by atoms with Crippen LogP contribution in [0.1, 0.15) is 24.3 Å². The maximum atomic E-state index is 16.1. The predicted octanol–water partition coefficient (Wildman–Crippen LogP) is 2.28. The summed E-state index contributed by atoms with van der Waals surface area (Å²) < 4.78 is 47.6. The molecule has 0 saturated carbocycles. The third kappa shape index (κ3) is 6.87. The fourth-order valence-electron chi connectivity index (χ4n) is 4.06. The molecule has 1 unspecified atom stereocenters. The average molecular weight is 609 g/mol. The first-order valence-electron chi connectivity index (χ1n) is 12.5. The standard InChI is InChI=1S/C25H30FN6O7PS/c1-5-25(26)20(34)18(39-23(25)32-14-28-19-21(32)30-24(27-4)31-22(19)35)13-38-40(36,37-10-11-41-16(3)33)29-12-17-8-6-15(2)7-9-17/h1,6-9,14,18,20,23,34H,10-13H2,2-4H3,(H,29,36)(H2,27,30,31,35)/t18-,20-,23-,25-,40?/m1/s1. The van der Waals surface area contributed by atoms with Gasteiger partial charge in [-0.1, -0.05) is 47.5 Å². The van der Waals surface area contributed by atoms with Gasteiger partial charge >= 0.3 is 7.75 Å². The van der Waals surface area contributed by atoms with Crippen LogP contribution in [-0.4, -0.2) is 73.6 Å². The zero-order valence-electron chi connectivity index (χ0n) is 22.5. The van der Waals surface area contributed by atoms with E-state index >= 15 is 4.39 Å². The number of anilines is 1. The lowest BCUT2D eigenvalue weighted by Crippen LogP contribution is -2.42. The summed E-state index contributed by atoms with van der Waals surface area (Å²) in [6, 6.07) is 7.45. The molecule has 3 heterocycles. The Hall–Kier alpha value is -3.09. The quantitative estimate of drug-likeness (QED) is 0.135. The number of hydrogen-bond donors (Lipinski definition) is 4. The van der Waals surface area contributed by atoms with Crippen molar-refractivity contribution in [1.82, 2.24) is 24.6 Å². The summed E-state index contributed by atoms with van der Waals surface area (Å²) in [6.07, 6.45) is 1.67. The maximum absolute atomic E-state index is 16.1. The number of terminal acetylenes is 1. The van der Waals surface area contributed by atoms with E-state index in [0.29, 0.717) is 0 Å². The minimum atomic E-state index is -4.05. The number of aromatic nitrogens is 4. The van der Waals surface area contributed by atoms with Crippen molar-refractivity contribution in [3.8, 4) is 12.3 Å². The Kier molecular flexibility index (Phi) is 9.66. The Morgan fingerprint density at radius 3 is 2.78 bits per heavy atom. The summed E-state index contributed by atoms with van der Waals surface area (Å²) in [5.74, 6) is 2.25. The first-order valence-corrected chi connectivity index (χ1v) is 15.0. The molecule has 5 atom stereocenters. The Balaban J connectivity index is 1.53. The van der Waals surface area contributed by atoms with Crippen molar-refractivity contribution in [2.75, 3.05) is 31.3 Å². The number of rotatable bonds is 12. The summed E-state index contributed by atoms with van der Waals surface area (Å²) in [5.41, 5.74) is -1.66. The smallest absolute Gasteiger partial charge is 0.386 e. The van der Waals surface area contributed by atoms with E-state index in [2.05, 4.69) is 25.4 Å². The molecule has 0 bridgehead atoms. The third-order valence-electron chi connectivity index (χ3n) is 6.24. The normalized spacial score (nSPS) is 23.8. The number of carbonyl (C=O) groups is 1. The van der Waals surface area contributed by atoms with E-state index in [1.54, 1.807) is 0 Å². The number of carbonyl (C=O) groups excluding carboxylic acids is 1. The van der Waals surface area contributed by atoms with Crippen molar-refractivity contribution in [1.29, 1.82) is 0 Å². The molecular weight excluding hydrogens is 578 g/mol. The first kappa shape index (κ1) is 30.9. The Bertz CT molecular complexity index is 1540. The summed E-state index contributed by atoms with van der Waals surface area (Å²) in [7, 11) is -2.52. The van der Waals surface area contributed by atoms with E-state index in [9.17, 15) is 19.3 Å². The van der Waals surface area contributed by atoms with Crippen molar-refractivity contribution in [3.05, 3.63) is 52.1 Å². The van der Waals surface area contributed by atoms with Crippen LogP contribution in [0.25, 0.3) is 11.2 Å². The number of H-pyrrole nitrogens is 1. The highest BCUT2D eigenvalue weighted by Gasteiger charge is 2.58. The van der Waals surface area contributed by atoms with E-state index in [1.807, 2.05) is 37.1 Å². The number of hydrogen-bond acceptors (Lipinski definition) is 11. The van der Waals surface area contributed by atoms with Crippen LogP contribution in [0.3, 0.4) is 0 Å². The van der Waals surface area contributed by atoms with Gasteiger partial charge in [-0.25, -0.2) is 19.0 Å². The number of nitrogens with zero attached hydrogens (tertiary/aromatic N) is 3. The van der Waals surface area contributed by atoms with Crippen LogP contribution >= 0.6 is 19.5 Å². The topological polar surface area (TPSA) is 170 Å². The number of aryl methyl sites for hydroxylation is 1. The number of imidazole rings is 1. The zero-order chi connectivity index (χ0) is 29.8. The highest BCUT2D eigenvalue weighted by atomic mass is 32.2. The Morgan fingerprint density at radius 2 is 2.12 bits per heavy atom. The number of nitrogens with one attached hydrogen (secondary N) is 3. The summed E-state index contributed by atoms with van der Waals surface area (Å²) >= 11 is 0.989. The second-order valence-electron chi connectivity index (χ2n) is 9.16. The van der Waals surface area contributed by atoms with Crippen LogP contribution < -0.4 is 16.0 Å². The molecule has 41 heavy (non-hydrogen) atoms. The highest BCUT2D eigenvalue weighted by molar-refractivity contribution is 8.13. The van der Waals surface area contributed by atoms with Crippen LogP contribution in [0.2, 0.25) is 0 Å². The van der Waals surface area contributed by atoms with E-state index in [4.69, 9.17) is 20.2 Å². The van der Waals surface area contributed by atoms with Gasteiger partial charge in [-0.15, -0.1) is 6.42 Å². The minimum Gasteiger partial charge on any atom is -0.386 e. The van der Waals surface area contributed by atoms with Crippen molar-refractivity contribution in [2.24, 2.45) is 0 Å². The van der Waals surface area contributed by atoms with Gasteiger partial charge in [-0.3, -0.25) is 28.2 Å². The molecule has 13 nitrogen and oxygen atoms in total. The molecule has 220 valence electrons.